The number of hydrogen-bond acceptors (Lipinski definition) is 4. The minimum absolute atomic E-state index is 0. The number of imide groups is 1. The number of hydrogen-bond donors (Lipinski definition) is 1. The normalized spacial score (nSPS) is 16.1. The van der Waals surface area contributed by atoms with Gasteiger partial charge >= 0.3 is 29.1 Å². The number of primary amides is 1. The van der Waals surface area contributed by atoms with Gasteiger partial charge in [-0.3, -0.25) is 9.59 Å². The van der Waals surface area contributed by atoms with Crippen LogP contribution in [0.4, 0.5) is 10.5 Å². The third-order valence-electron chi connectivity index (χ3n) is 3.26. The van der Waals surface area contributed by atoms with Crippen LogP contribution in [0.3, 0.4) is 0 Å². The molecule has 0 bridgehead atoms. The topological polar surface area (TPSA) is 80.5 Å². The first-order valence-electron chi connectivity index (χ1n) is 6.01. The Labute approximate surface area is 151 Å². The minimum Gasteiger partial charge on any atom is -0.351 e. The van der Waals surface area contributed by atoms with Crippen molar-refractivity contribution >= 4 is 69.4 Å². The van der Waals surface area contributed by atoms with Crippen LogP contribution in [0.5, 0.6) is 0 Å². The number of amides is 3. The van der Waals surface area contributed by atoms with E-state index < -0.39 is 17.9 Å². The molecule has 0 aliphatic carbocycles. The van der Waals surface area contributed by atoms with Gasteiger partial charge in [0.2, 0.25) is 0 Å². The van der Waals surface area contributed by atoms with Crippen LogP contribution in [0.1, 0.15) is 21.2 Å². The van der Waals surface area contributed by atoms with Crippen molar-refractivity contribution in [2.24, 2.45) is 5.73 Å². The number of urea groups is 1. The summed E-state index contributed by atoms with van der Waals surface area (Å²) in [5.74, 6) is -2.08. The molecule has 1 aromatic heterocycles. The maximum absolute atomic E-state index is 12.5. The molecule has 0 saturated carbocycles. The maximum Gasteiger partial charge on any atom is 2.00 e. The number of benzene rings is 1. The number of halogens is 1. The minimum atomic E-state index is -1.08. The number of fused-ring (bicyclic) bond motifs is 1. The first kappa shape index (κ1) is 16.9. The maximum atomic E-state index is 12.5. The number of carbonyl (C=O) groups excluding carboxylic acids is 3. The Morgan fingerprint density at radius 2 is 2.00 bits per heavy atom. The number of thiophene rings is 1. The van der Waals surface area contributed by atoms with Crippen LogP contribution in [0.2, 0.25) is 5.02 Å². The Bertz CT molecular complexity index is 763. The summed E-state index contributed by atoms with van der Waals surface area (Å²) in [5.41, 5.74) is 5.97. The second-order valence-corrected chi connectivity index (χ2v) is 5.87. The van der Waals surface area contributed by atoms with E-state index in [2.05, 4.69) is 0 Å². The number of carbonyl (C=O) groups is 3. The van der Waals surface area contributed by atoms with Gasteiger partial charge in [0.05, 0.1) is 10.6 Å². The van der Waals surface area contributed by atoms with E-state index in [4.69, 9.17) is 17.3 Å². The molecule has 1 aliphatic rings. The van der Waals surface area contributed by atoms with Gasteiger partial charge in [-0.1, -0.05) is 17.7 Å². The van der Waals surface area contributed by atoms with Crippen LogP contribution < -0.4 is 10.6 Å². The van der Waals surface area contributed by atoms with Crippen molar-refractivity contribution in [2.75, 3.05) is 4.90 Å². The molecule has 22 heavy (non-hydrogen) atoms. The first-order valence-corrected chi connectivity index (χ1v) is 7.27. The van der Waals surface area contributed by atoms with Crippen molar-refractivity contribution in [2.45, 2.75) is 5.92 Å². The molecule has 1 aromatic carbocycles. The number of nitrogens with zero attached hydrogens (tertiary/aromatic N) is 1. The summed E-state index contributed by atoms with van der Waals surface area (Å²) in [6, 6.07) is 7.03. The van der Waals surface area contributed by atoms with Crippen molar-refractivity contribution in [3.63, 3.8) is 0 Å². The Morgan fingerprint density at radius 1 is 1.27 bits per heavy atom. The van der Waals surface area contributed by atoms with Crippen molar-refractivity contribution in [3.05, 3.63) is 51.2 Å². The molecule has 1 unspecified atom stereocenters. The van der Waals surface area contributed by atoms with E-state index in [0.717, 1.165) is 4.90 Å². The Morgan fingerprint density at radius 3 is 2.59 bits per heavy atom. The molecule has 2 N–H and O–H groups in total. The zero-order valence-electron chi connectivity index (χ0n) is 11.3. The molecule has 1 atom stereocenters. The average Bonchev–Trinajstić information content (AvgIpc) is 3.03. The Hall–Kier alpha value is -1.41. The molecule has 2 heterocycles. The predicted octanol–water partition coefficient (Wildman–Crippen LogP) is 2.41. The van der Waals surface area contributed by atoms with E-state index in [1.807, 2.05) is 0 Å². The number of nitrogens with two attached hydrogens (primary N) is 1. The van der Waals surface area contributed by atoms with E-state index in [9.17, 15) is 14.4 Å². The van der Waals surface area contributed by atoms with Crippen molar-refractivity contribution in [1.29, 1.82) is 0 Å². The quantitative estimate of drug-likeness (QED) is 0.516. The molecule has 0 saturated heterocycles. The number of ketones is 1. The molecular formula is C14H9ClMgN2O3S+2. The molecule has 106 valence electrons. The molecular weight excluding hydrogens is 336 g/mol. The SMILES string of the molecule is NC(=O)N1C(=O)C(C(=O)c2cccs2)c2cc(Cl)ccc21.[Mg+2]. The molecule has 3 rings (SSSR count). The van der Waals surface area contributed by atoms with Crippen molar-refractivity contribution in [3.8, 4) is 0 Å². The fraction of sp³-hybridized carbons (Fsp3) is 0.0714. The van der Waals surface area contributed by atoms with Gasteiger partial charge < -0.3 is 5.73 Å². The summed E-state index contributed by atoms with van der Waals surface area (Å²) in [5, 5.41) is 2.13. The summed E-state index contributed by atoms with van der Waals surface area (Å²) in [6.45, 7) is 0. The van der Waals surface area contributed by atoms with Crippen LogP contribution in [0.15, 0.2) is 35.7 Å². The van der Waals surface area contributed by atoms with E-state index in [1.54, 1.807) is 23.6 Å². The largest absolute Gasteiger partial charge is 2.00 e. The monoisotopic (exact) mass is 344 g/mol. The van der Waals surface area contributed by atoms with Gasteiger partial charge in [0.15, 0.2) is 5.78 Å². The van der Waals surface area contributed by atoms with Gasteiger partial charge in [-0.2, -0.15) is 0 Å². The molecule has 0 spiro atoms. The van der Waals surface area contributed by atoms with Crippen LogP contribution in [0.25, 0.3) is 0 Å². The second kappa shape index (κ2) is 6.37. The second-order valence-electron chi connectivity index (χ2n) is 4.49. The standard InChI is InChI=1S/C14H9ClN2O3S.Mg/c15-7-3-4-9-8(6-7)11(13(19)17(9)14(16)20)12(18)10-2-1-5-21-10;/h1-6,11H,(H2,16,20);/q;+2. The summed E-state index contributed by atoms with van der Waals surface area (Å²) in [4.78, 5) is 37.7. The van der Waals surface area contributed by atoms with E-state index in [1.165, 1.54) is 23.5 Å². The van der Waals surface area contributed by atoms with Crippen molar-refractivity contribution < 1.29 is 14.4 Å². The molecule has 1 aliphatic heterocycles. The zero-order valence-corrected chi connectivity index (χ0v) is 14.3. The Kier molecular flexibility index (Phi) is 4.91. The molecule has 0 radical (unpaired) electrons. The number of Topliss-reactive ketones (excluding diaryl/α,β-unsaturated/α-hetero) is 1. The van der Waals surface area contributed by atoms with Crippen LogP contribution >= 0.6 is 22.9 Å². The zero-order chi connectivity index (χ0) is 15.1. The fourth-order valence-corrected chi connectivity index (χ4v) is 3.26. The first-order chi connectivity index (χ1) is 10.0. The van der Waals surface area contributed by atoms with Crippen LogP contribution in [-0.4, -0.2) is 40.8 Å². The summed E-state index contributed by atoms with van der Waals surface area (Å²) < 4.78 is 0. The van der Waals surface area contributed by atoms with Gasteiger partial charge in [-0.25, -0.2) is 9.69 Å². The van der Waals surface area contributed by atoms with Crippen molar-refractivity contribution in [1.82, 2.24) is 0 Å². The van der Waals surface area contributed by atoms with E-state index >= 15 is 0 Å². The van der Waals surface area contributed by atoms with E-state index in [-0.39, 0.29) is 28.8 Å². The van der Waals surface area contributed by atoms with Gasteiger partial charge in [0.1, 0.15) is 5.92 Å². The fourth-order valence-electron chi connectivity index (χ4n) is 2.38. The Balaban J connectivity index is 0.00000176. The van der Waals surface area contributed by atoms with Gasteiger partial charge in [0.25, 0.3) is 5.91 Å². The molecule has 2 aromatic rings. The average molecular weight is 345 g/mol. The smallest absolute Gasteiger partial charge is 0.351 e. The van der Waals surface area contributed by atoms with Crippen LogP contribution in [0, 0.1) is 0 Å². The third kappa shape index (κ3) is 2.65. The summed E-state index contributed by atoms with van der Waals surface area (Å²) in [7, 11) is 0. The number of anilines is 1. The van der Waals surface area contributed by atoms with Gasteiger partial charge in [0, 0.05) is 5.02 Å². The van der Waals surface area contributed by atoms with Gasteiger partial charge in [-0.05, 0) is 35.2 Å². The summed E-state index contributed by atoms with van der Waals surface area (Å²) >= 11 is 7.18. The molecule has 8 heteroatoms. The summed E-state index contributed by atoms with van der Waals surface area (Å²) in [6.07, 6.45) is 0. The van der Waals surface area contributed by atoms with E-state index in [0.29, 0.717) is 21.2 Å². The molecule has 0 fully saturated rings. The predicted molar refractivity (Wildman–Crippen MR) is 85.7 cm³/mol. The molecule has 3 amide bonds. The van der Waals surface area contributed by atoms with Gasteiger partial charge in [-0.15, -0.1) is 11.3 Å². The molecule has 5 nitrogen and oxygen atoms in total. The third-order valence-corrected chi connectivity index (χ3v) is 4.37. The number of rotatable bonds is 2. The van der Waals surface area contributed by atoms with Crippen LogP contribution in [-0.2, 0) is 4.79 Å².